The van der Waals surface area contributed by atoms with Crippen LogP contribution in [0, 0.1) is 11.8 Å². The number of piperidine rings is 2. The Morgan fingerprint density at radius 1 is 1.00 bits per heavy atom. The molecule has 2 aromatic carbocycles. The third-order valence-electron chi connectivity index (χ3n) is 9.21. The number of rotatable bonds is 9. The molecule has 2 aliphatic heterocycles. The first-order valence-electron chi connectivity index (χ1n) is 15.7. The van der Waals surface area contributed by atoms with E-state index in [4.69, 9.17) is 4.98 Å². The molecule has 216 valence electrons. The highest BCUT2D eigenvalue weighted by molar-refractivity contribution is 5.82. The van der Waals surface area contributed by atoms with Crippen molar-refractivity contribution in [3.63, 3.8) is 0 Å². The van der Waals surface area contributed by atoms with Crippen LogP contribution in [0.15, 0.2) is 53.3 Å². The summed E-state index contributed by atoms with van der Waals surface area (Å²) in [6.45, 7) is 14.9. The molecule has 5 rings (SSSR count). The number of anilines is 1. The molecule has 0 radical (unpaired) electrons. The third kappa shape index (κ3) is 6.28. The van der Waals surface area contributed by atoms with Crippen molar-refractivity contribution in [2.75, 3.05) is 38.1 Å². The van der Waals surface area contributed by atoms with Gasteiger partial charge >= 0.3 is 0 Å². The Kier molecular flexibility index (Phi) is 9.27. The van der Waals surface area contributed by atoms with Gasteiger partial charge in [-0.25, -0.2) is 4.98 Å². The first-order chi connectivity index (χ1) is 19.4. The first-order valence-corrected chi connectivity index (χ1v) is 15.7. The molecule has 0 saturated carbocycles. The fraction of sp³-hybridized carbons (Fsp3) is 0.588. The molecular formula is C34H49N5O. The summed E-state index contributed by atoms with van der Waals surface area (Å²) < 4.78 is 1.96. The molecule has 3 heterocycles. The summed E-state index contributed by atoms with van der Waals surface area (Å²) in [7, 11) is 2.25. The molecular weight excluding hydrogens is 494 g/mol. The van der Waals surface area contributed by atoms with Crippen molar-refractivity contribution in [2.24, 2.45) is 11.8 Å². The zero-order valence-electron chi connectivity index (χ0n) is 25.4. The van der Waals surface area contributed by atoms with Crippen LogP contribution in [0.5, 0.6) is 0 Å². The van der Waals surface area contributed by atoms with Crippen LogP contribution >= 0.6 is 0 Å². The van der Waals surface area contributed by atoms with Gasteiger partial charge in [0.05, 0.1) is 16.9 Å². The highest BCUT2D eigenvalue weighted by Crippen LogP contribution is 2.32. The lowest BCUT2D eigenvalue weighted by atomic mass is 9.90. The van der Waals surface area contributed by atoms with E-state index in [-0.39, 0.29) is 11.6 Å². The summed E-state index contributed by atoms with van der Waals surface area (Å²) in [4.78, 5) is 26.7. The fourth-order valence-electron chi connectivity index (χ4n) is 7.26. The molecule has 2 saturated heterocycles. The number of aromatic nitrogens is 2. The molecule has 0 aliphatic carbocycles. The van der Waals surface area contributed by atoms with Gasteiger partial charge in [0.1, 0.15) is 5.82 Å². The summed E-state index contributed by atoms with van der Waals surface area (Å²) in [6.07, 6.45) is 5.65. The quantitative estimate of drug-likeness (QED) is 0.315. The van der Waals surface area contributed by atoms with Crippen molar-refractivity contribution in [1.82, 2.24) is 19.4 Å². The summed E-state index contributed by atoms with van der Waals surface area (Å²) in [5.41, 5.74) is 3.47. The lowest BCUT2D eigenvalue weighted by Gasteiger charge is -2.40. The minimum Gasteiger partial charge on any atom is -0.371 e. The molecule has 6 nitrogen and oxygen atoms in total. The second-order valence-electron chi connectivity index (χ2n) is 12.5. The SMILES string of the molecule is CCCC(c1nc2ccc(N3CCC(N(C)Cc4ccccc4)CC3)cc2c(=O)n1CC)N1C[C@H](C)C[C@H](C)C1. The number of benzene rings is 2. The maximum Gasteiger partial charge on any atom is 0.261 e. The number of hydrogen-bond donors (Lipinski definition) is 0. The Balaban J connectivity index is 1.35. The molecule has 0 bridgehead atoms. The second kappa shape index (κ2) is 12.9. The van der Waals surface area contributed by atoms with Crippen LogP contribution in [0.3, 0.4) is 0 Å². The topological polar surface area (TPSA) is 44.6 Å². The van der Waals surface area contributed by atoms with Gasteiger partial charge in [0.25, 0.3) is 5.56 Å². The van der Waals surface area contributed by atoms with E-state index in [2.05, 4.69) is 98.0 Å². The number of hydrogen-bond acceptors (Lipinski definition) is 5. The van der Waals surface area contributed by atoms with Gasteiger partial charge in [-0.15, -0.1) is 0 Å². The molecule has 1 aromatic heterocycles. The van der Waals surface area contributed by atoms with Crippen LogP contribution in [-0.2, 0) is 13.1 Å². The zero-order chi connectivity index (χ0) is 28.2. The van der Waals surface area contributed by atoms with Crippen LogP contribution in [0.2, 0.25) is 0 Å². The molecule has 0 spiro atoms. The zero-order valence-corrected chi connectivity index (χ0v) is 25.4. The Bertz CT molecular complexity index is 1300. The summed E-state index contributed by atoms with van der Waals surface area (Å²) >= 11 is 0. The minimum absolute atomic E-state index is 0.112. The van der Waals surface area contributed by atoms with E-state index in [0.29, 0.717) is 24.4 Å². The monoisotopic (exact) mass is 543 g/mol. The highest BCUT2D eigenvalue weighted by atomic mass is 16.1. The van der Waals surface area contributed by atoms with E-state index in [0.717, 1.165) is 80.8 Å². The largest absolute Gasteiger partial charge is 0.371 e. The third-order valence-corrected chi connectivity index (χ3v) is 9.21. The summed E-state index contributed by atoms with van der Waals surface area (Å²) in [6, 6.07) is 17.9. The van der Waals surface area contributed by atoms with E-state index < -0.39 is 0 Å². The van der Waals surface area contributed by atoms with Crippen molar-refractivity contribution < 1.29 is 0 Å². The van der Waals surface area contributed by atoms with Crippen molar-refractivity contribution in [2.45, 2.75) is 85.0 Å². The smallest absolute Gasteiger partial charge is 0.261 e. The molecule has 3 aromatic rings. The van der Waals surface area contributed by atoms with Gasteiger partial charge in [-0.1, -0.05) is 57.5 Å². The Hall–Kier alpha value is -2.70. The average molecular weight is 544 g/mol. The molecule has 3 atom stereocenters. The van der Waals surface area contributed by atoms with E-state index >= 15 is 0 Å². The van der Waals surface area contributed by atoms with E-state index in [9.17, 15) is 4.79 Å². The molecule has 2 fully saturated rings. The maximum atomic E-state index is 13.9. The Morgan fingerprint density at radius 2 is 1.70 bits per heavy atom. The van der Waals surface area contributed by atoms with Crippen molar-refractivity contribution in [1.29, 1.82) is 0 Å². The summed E-state index contributed by atoms with van der Waals surface area (Å²) in [5.74, 6) is 2.31. The van der Waals surface area contributed by atoms with Gasteiger partial charge in [0, 0.05) is 51.0 Å². The van der Waals surface area contributed by atoms with Gasteiger partial charge in [-0.05, 0) is 75.3 Å². The van der Waals surface area contributed by atoms with Gasteiger partial charge in [-0.2, -0.15) is 0 Å². The number of likely N-dealkylation sites (tertiary alicyclic amines) is 1. The molecule has 0 amide bonds. The van der Waals surface area contributed by atoms with E-state index in [1.165, 1.54) is 12.0 Å². The maximum absolute atomic E-state index is 13.9. The van der Waals surface area contributed by atoms with Crippen molar-refractivity contribution in [3.8, 4) is 0 Å². The predicted octanol–water partition coefficient (Wildman–Crippen LogP) is 6.34. The lowest BCUT2D eigenvalue weighted by molar-refractivity contribution is 0.0836. The van der Waals surface area contributed by atoms with Crippen LogP contribution in [0.25, 0.3) is 10.9 Å². The average Bonchev–Trinajstić information content (AvgIpc) is 2.96. The number of fused-ring (bicyclic) bond motifs is 1. The highest BCUT2D eigenvalue weighted by Gasteiger charge is 2.31. The lowest BCUT2D eigenvalue weighted by Crippen LogP contribution is -2.43. The minimum atomic E-state index is 0.112. The number of nitrogens with zero attached hydrogens (tertiary/aromatic N) is 5. The molecule has 2 aliphatic rings. The molecule has 0 N–H and O–H groups in total. The second-order valence-corrected chi connectivity index (χ2v) is 12.5. The molecule has 6 heteroatoms. The van der Waals surface area contributed by atoms with Crippen LogP contribution < -0.4 is 10.5 Å². The van der Waals surface area contributed by atoms with Crippen LogP contribution in [0.1, 0.15) is 77.2 Å². The van der Waals surface area contributed by atoms with Gasteiger partial charge in [0.2, 0.25) is 0 Å². The van der Waals surface area contributed by atoms with Gasteiger partial charge in [0.15, 0.2) is 0 Å². The normalized spacial score (nSPS) is 21.8. The predicted molar refractivity (Wildman–Crippen MR) is 167 cm³/mol. The summed E-state index contributed by atoms with van der Waals surface area (Å²) in [5, 5.41) is 0.752. The fourth-order valence-corrected chi connectivity index (χ4v) is 7.26. The standard InChI is InChI=1S/C34H49N5O/c1-6-11-32(38-22-25(3)20-26(4)23-38)33-35-31-15-14-29(21-30(31)34(40)39(33)7-2)37-18-16-28(17-19-37)36(5)24-27-12-9-8-10-13-27/h8-10,12-15,21,25-26,28,32H,6-7,11,16-20,22-24H2,1-5H3/t25-,26+,32?. The van der Waals surface area contributed by atoms with E-state index in [1.54, 1.807) is 0 Å². The Morgan fingerprint density at radius 3 is 2.35 bits per heavy atom. The molecule has 40 heavy (non-hydrogen) atoms. The van der Waals surface area contributed by atoms with Crippen molar-refractivity contribution in [3.05, 3.63) is 70.3 Å². The molecule has 1 unspecified atom stereocenters. The van der Waals surface area contributed by atoms with Gasteiger partial charge in [-0.3, -0.25) is 19.2 Å². The van der Waals surface area contributed by atoms with Crippen molar-refractivity contribution >= 4 is 16.6 Å². The Labute approximate surface area is 241 Å². The van der Waals surface area contributed by atoms with Crippen LogP contribution in [0.4, 0.5) is 5.69 Å². The van der Waals surface area contributed by atoms with Gasteiger partial charge < -0.3 is 4.90 Å². The van der Waals surface area contributed by atoms with E-state index in [1.807, 2.05) is 4.57 Å². The first kappa shape index (κ1) is 28.8. The van der Waals surface area contributed by atoms with Crippen LogP contribution in [-0.4, -0.2) is 58.6 Å².